The van der Waals surface area contributed by atoms with Crippen LogP contribution in [0.3, 0.4) is 0 Å². The molecule has 0 fully saturated rings. The van der Waals surface area contributed by atoms with Crippen molar-refractivity contribution in [3.05, 3.63) is 76.1 Å². The number of amides is 2. The van der Waals surface area contributed by atoms with E-state index in [0.29, 0.717) is 29.1 Å². The van der Waals surface area contributed by atoms with Gasteiger partial charge in [0.05, 0.1) is 7.11 Å². The molecule has 0 spiro atoms. The molecule has 3 rings (SSSR count). The van der Waals surface area contributed by atoms with Crippen LogP contribution in [0.2, 0.25) is 0 Å². The second-order valence-electron chi connectivity index (χ2n) is 7.73. The number of methoxy groups -OCH3 is 1. The number of halogens is 1. The van der Waals surface area contributed by atoms with E-state index in [-0.39, 0.29) is 29.6 Å². The second-order valence-corrected chi connectivity index (χ2v) is 7.73. The van der Waals surface area contributed by atoms with Crippen molar-refractivity contribution in [2.75, 3.05) is 7.11 Å². The number of imide groups is 1. The SMILES string of the molecule is CCC(C)N1C(=O)C(C#N)=C(C)/C(=C\c2ccc(OCc3ccc(F)cc3)c(OC)c2)C1=O. The number of ether oxygens (including phenoxy) is 2. The van der Waals surface area contributed by atoms with E-state index in [9.17, 15) is 19.2 Å². The van der Waals surface area contributed by atoms with Gasteiger partial charge in [0, 0.05) is 11.6 Å². The van der Waals surface area contributed by atoms with Crippen molar-refractivity contribution in [2.45, 2.75) is 39.8 Å². The van der Waals surface area contributed by atoms with Gasteiger partial charge in [0.25, 0.3) is 11.8 Å². The Hall–Kier alpha value is -3.92. The van der Waals surface area contributed by atoms with E-state index in [1.165, 1.54) is 19.2 Å². The normalized spacial score (nSPS) is 16.1. The van der Waals surface area contributed by atoms with Gasteiger partial charge in [-0.05, 0) is 67.3 Å². The van der Waals surface area contributed by atoms with E-state index >= 15 is 0 Å². The van der Waals surface area contributed by atoms with Crippen molar-refractivity contribution in [1.29, 1.82) is 5.26 Å². The predicted molar refractivity (Wildman–Crippen MR) is 122 cm³/mol. The highest BCUT2D eigenvalue weighted by Crippen LogP contribution is 2.32. The summed E-state index contributed by atoms with van der Waals surface area (Å²) in [7, 11) is 1.51. The molecule has 1 heterocycles. The van der Waals surface area contributed by atoms with E-state index in [1.807, 2.05) is 13.0 Å². The molecule has 2 aromatic carbocycles. The molecule has 2 aromatic rings. The number of nitrogens with zero attached hydrogens (tertiary/aromatic N) is 2. The van der Waals surface area contributed by atoms with E-state index in [0.717, 1.165) is 10.5 Å². The molecule has 1 aliphatic rings. The zero-order chi connectivity index (χ0) is 24.1. The van der Waals surface area contributed by atoms with Crippen LogP contribution in [0, 0.1) is 17.1 Å². The third-order valence-corrected chi connectivity index (χ3v) is 5.61. The molecule has 0 bridgehead atoms. The van der Waals surface area contributed by atoms with Crippen molar-refractivity contribution in [3.63, 3.8) is 0 Å². The summed E-state index contributed by atoms with van der Waals surface area (Å²) in [6.45, 7) is 5.49. The van der Waals surface area contributed by atoms with Gasteiger partial charge in [0.1, 0.15) is 24.1 Å². The van der Waals surface area contributed by atoms with Crippen LogP contribution in [0.5, 0.6) is 11.5 Å². The zero-order valence-corrected chi connectivity index (χ0v) is 19.0. The van der Waals surface area contributed by atoms with Gasteiger partial charge in [0.2, 0.25) is 0 Å². The van der Waals surface area contributed by atoms with Crippen LogP contribution in [0.4, 0.5) is 4.39 Å². The summed E-state index contributed by atoms with van der Waals surface area (Å²) >= 11 is 0. The number of hydrogen-bond acceptors (Lipinski definition) is 5. The van der Waals surface area contributed by atoms with Crippen LogP contribution < -0.4 is 9.47 Å². The molecule has 6 nitrogen and oxygen atoms in total. The van der Waals surface area contributed by atoms with Crippen LogP contribution in [0.25, 0.3) is 6.08 Å². The first-order chi connectivity index (χ1) is 15.8. The first-order valence-electron chi connectivity index (χ1n) is 10.6. The Morgan fingerprint density at radius 3 is 2.42 bits per heavy atom. The predicted octanol–water partition coefficient (Wildman–Crippen LogP) is 4.80. The number of rotatable bonds is 7. The van der Waals surface area contributed by atoms with Crippen molar-refractivity contribution in [1.82, 2.24) is 4.90 Å². The molecule has 0 aromatic heterocycles. The lowest BCUT2D eigenvalue weighted by atomic mass is 9.92. The quantitative estimate of drug-likeness (QED) is 0.449. The Bertz CT molecular complexity index is 1180. The fourth-order valence-electron chi connectivity index (χ4n) is 3.48. The molecule has 1 aliphatic heterocycles. The highest BCUT2D eigenvalue weighted by atomic mass is 19.1. The Kier molecular flexibility index (Phi) is 7.29. The van der Waals surface area contributed by atoms with Crippen molar-refractivity contribution in [3.8, 4) is 17.6 Å². The Morgan fingerprint density at radius 2 is 1.82 bits per heavy atom. The van der Waals surface area contributed by atoms with E-state index in [4.69, 9.17) is 9.47 Å². The first kappa shape index (κ1) is 23.7. The minimum atomic E-state index is -0.561. The van der Waals surface area contributed by atoms with Gasteiger partial charge in [-0.1, -0.05) is 25.1 Å². The fraction of sp³-hybridized carbons (Fsp3) is 0.269. The monoisotopic (exact) mass is 448 g/mol. The summed E-state index contributed by atoms with van der Waals surface area (Å²) in [6.07, 6.45) is 2.22. The standard InChI is InChI=1S/C26H25FN2O4/c1-5-16(2)29-25(30)21(17(3)22(14-28)26(29)31)12-19-8-11-23(24(13-19)32-4)33-15-18-6-9-20(27)10-7-18/h6-13,16H,5,15H2,1-4H3/b21-12+. The number of nitriles is 1. The fourth-order valence-corrected chi connectivity index (χ4v) is 3.48. The molecule has 33 heavy (non-hydrogen) atoms. The van der Waals surface area contributed by atoms with Crippen LogP contribution >= 0.6 is 0 Å². The maximum absolute atomic E-state index is 13.1. The third kappa shape index (κ3) is 4.96. The van der Waals surface area contributed by atoms with Gasteiger partial charge in [-0.3, -0.25) is 14.5 Å². The van der Waals surface area contributed by atoms with Gasteiger partial charge in [-0.2, -0.15) is 5.26 Å². The molecule has 1 atom stereocenters. The molecular formula is C26H25FN2O4. The van der Waals surface area contributed by atoms with E-state index in [1.54, 1.807) is 50.3 Å². The third-order valence-electron chi connectivity index (χ3n) is 5.61. The number of benzene rings is 2. The van der Waals surface area contributed by atoms with Gasteiger partial charge >= 0.3 is 0 Å². The molecule has 0 saturated carbocycles. The highest BCUT2D eigenvalue weighted by molar-refractivity contribution is 6.19. The summed E-state index contributed by atoms with van der Waals surface area (Å²) in [6, 6.07) is 12.8. The first-order valence-corrected chi connectivity index (χ1v) is 10.6. The second kappa shape index (κ2) is 10.1. The Labute approximate surface area is 192 Å². The molecule has 0 N–H and O–H groups in total. The maximum atomic E-state index is 13.1. The van der Waals surface area contributed by atoms with Gasteiger partial charge in [-0.15, -0.1) is 0 Å². The number of carbonyl (C=O) groups is 2. The average molecular weight is 448 g/mol. The molecule has 0 radical (unpaired) electrons. The van der Waals surface area contributed by atoms with Crippen LogP contribution in [0.15, 0.2) is 59.2 Å². The largest absolute Gasteiger partial charge is 0.493 e. The van der Waals surface area contributed by atoms with Crippen LogP contribution in [-0.4, -0.2) is 29.9 Å². The molecule has 0 aliphatic carbocycles. The highest BCUT2D eigenvalue weighted by Gasteiger charge is 2.37. The van der Waals surface area contributed by atoms with Crippen molar-refractivity contribution in [2.24, 2.45) is 0 Å². The summed E-state index contributed by atoms with van der Waals surface area (Å²) in [4.78, 5) is 26.9. The van der Waals surface area contributed by atoms with E-state index in [2.05, 4.69) is 0 Å². The van der Waals surface area contributed by atoms with Crippen molar-refractivity contribution < 1.29 is 23.5 Å². The lowest BCUT2D eigenvalue weighted by molar-refractivity contribution is -0.142. The van der Waals surface area contributed by atoms with Gasteiger partial charge in [-0.25, -0.2) is 4.39 Å². The Morgan fingerprint density at radius 1 is 1.12 bits per heavy atom. The number of carbonyl (C=O) groups excluding carboxylic acids is 2. The smallest absolute Gasteiger partial charge is 0.271 e. The van der Waals surface area contributed by atoms with Gasteiger partial charge < -0.3 is 9.47 Å². The number of hydrogen-bond donors (Lipinski definition) is 0. The van der Waals surface area contributed by atoms with E-state index < -0.39 is 11.8 Å². The summed E-state index contributed by atoms with van der Waals surface area (Å²) in [5, 5.41) is 9.51. The molecule has 170 valence electrons. The van der Waals surface area contributed by atoms with Crippen molar-refractivity contribution >= 4 is 17.9 Å². The summed E-state index contributed by atoms with van der Waals surface area (Å²) in [5.74, 6) is -0.370. The van der Waals surface area contributed by atoms with Crippen LogP contribution in [-0.2, 0) is 16.2 Å². The lowest BCUT2D eigenvalue weighted by Gasteiger charge is -2.31. The minimum Gasteiger partial charge on any atom is -0.493 e. The summed E-state index contributed by atoms with van der Waals surface area (Å²) in [5.41, 5.74) is 2.06. The zero-order valence-electron chi connectivity index (χ0n) is 19.0. The molecule has 0 saturated heterocycles. The maximum Gasteiger partial charge on any atom is 0.271 e. The molecule has 7 heteroatoms. The molecular weight excluding hydrogens is 423 g/mol. The average Bonchev–Trinajstić information content (AvgIpc) is 2.81. The topological polar surface area (TPSA) is 79.6 Å². The lowest BCUT2D eigenvalue weighted by Crippen LogP contribution is -2.47. The van der Waals surface area contributed by atoms with Crippen LogP contribution in [0.1, 0.15) is 38.3 Å². The molecule has 2 amide bonds. The minimum absolute atomic E-state index is 0.0348. The molecule has 1 unspecified atom stereocenters. The Balaban J connectivity index is 1.93. The summed E-state index contributed by atoms with van der Waals surface area (Å²) < 4.78 is 24.3. The van der Waals surface area contributed by atoms with Gasteiger partial charge in [0.15, 0.2) is 11.5 Å².